The Labute approximate surface area is 144 Å². The van der Waals surface area contributed by atoms with Crippen LogP contribution in [0.1, 0.15) is 21.8 Å². The van der Waals surface area contributed by atoms with Crippen molar-refractivity contribution in [2.75, 3.05) is 7.11 Å². The average Bonchev–Trinajstić information content (AvgIpc) is 3.25. The second kappa shape index (κ2) is 6.96. The average molecular weight is 367 g/mol. The Morgan fingerprint density at radius 2 is 2.04 bits per heavy atom. The molecular weight excluding hydrogens is 355 g/mol. The molecule has 0 spiro atoms. The molecule has 3 rings (SSSR count). The van der Waals surface area contributed by atoms with Crippen molar-refractivity contribution in [1.82, 2.24) is 25.4 Å². The second-order valence-electron chi connectivity index (χ2n) is 5.18. The first-order valence-corrected chi connectivity index (χ1v) is 7.23. The topological polar surface area (TPSA) is 95.1 Å². The normalized spacial score (nSPS) is 11.5. The number of benzene rings is 1. The Morgan fingerprint density at radius 1 is 1.31 bits per heavy atom. The van der Waals surface area contributed by atoms with Crippen molar-refractivity contribution in [3.63, 3.8) is 0 Å². The number of nitrogens with one attached hydrogen (secondary N) is 1. The molecule has 0 aliphatic rings. The number of halogens is 3. The zero-order valence-electron chi connectivity index (χ0n) is 13.3. The second-order valence-corrected chi connectivity index (χ2v) is 5.18. The Kier molecular flexibility index (Phi) is 4.71. The predicted molar refractivity (Wildman–Crippen MR) is 80.5 cm³/mol. The van der Waals surface area contributed by atoms with Gasteiger partial charge in [-0.2, -0.15) is 23.3 Å². The smallest absolute Gasteiger partial charge is 0.329 e. The summed E-state index contributed by atoms with van der Waals surface area (Å²) in [6.45, 7) is 0.362. The molecule has 0 atom stereocenters. The fourth-order valence-corrected chi connectivity index (χ4v) is 2.12. The van der Waals surface area contributed by atoms with Gasteiger partial charge in [0.1, 0.15) is 0 Å². The number of hydroxylamine groups is 1. The molecule has 0 unspecified atom stereocenters. The lowest BCUT2D eigenvalue weighted by Crippen LogP contribution is -2.21. The van der Waals surface area contributed by atoms with E-state index in [0.717, 1.165) is 5.56 Å². The van der Waals surface area contributed by atoms with Gasteiger partial charge in [-0.3, -0.25) is 14.3 Å². The summed E-state index contributed by atoms with van der Waals surface area (Å²) in [7, 11) is 1.32. The van der Waals surface area contributed by atoms with Gasteiger partial charge in [0.2, 0.25) is 5.82 Å². The molecule has 11 heteroatoms. The zero-order valence-corrected chi connectivity index (χ0v) is 13.3. The van der Waals surface area contributed by atoms with E-state index >= 15 is 0 Å². The minimum atomic E-state index is -4.68. The summed E-state index contributed by atoms with van der Waals surface area (Å²) in [6, 6.07) is 6.52. The van der Waals surface area contributed by atoms with Crippen molar-refractivity contribution in [3.05, 3.63) is 53.7 Å². The van der Waals surface area contributed by atoms with Crippen molar-refractivity contribution in [3.8, 4) is 11.4 Å². The number of amides is 1. The summed E-state index contributed by atoms with van der Waals surface area (Å²) >= 11 is 0. The van der Waals surface area contributed by atoms with E-state index in [-0.39, 0.29) is 5.82 Å². The summed E-state index contributed by atoms with van der Waals surface area (Å²) < 4.78 is 43.2. The van der Waals surface area contributed by atoms with E-state index in [1.165, 1.54) is 24.2 Å². The van der Waals surface area contributed by atoms with E-state index in [0.29, 0.717) is 17.7 Å². The van der Waals surface area contributed by atoms with Gasteiger partial charge in [0, 0.05) is 11.8 Å². The molecule has 136 valence electrons. The quantitative estimate of drug-likeness (QED) is 0.696. The van der Waals surface area contributed by atoms with Gasteiger partial charge in [0.05, 0.1) is 25.4 Å². The van der Waals surface area contributed by atoms with E-state index in [1.54, 1.807) is 24.3 Å². The Bertz CT molecular complexity index is 902. The van der Waals surface area contributed by atoms with Crippen LogP contribution in [0.15, 0.2) is 41.2 Å². The third kappa shape index (κ3) is 3.88. The van der Waals surface area contributed by atoms with Gasteiger partial charge in [0.25, 0.3) is 5.91 Å². The van der Waals surface area contributed by atoms with E-state index in [1.807, 2.05) is 0 Å². The van der Waals surface area contributed by atoms with Crippen molar-refractivity contribution in [2.24, 2.45) is 0 Å². The standard InChI is InChI=1S/C15H12F3N5O3/c1-25-22-13(24)11-6-19-23(8-11)7-9-2-4-10(5-3-9)12-20-14(26-21-12)15(16,17)18/h2-6,8H,7H2,1H3,(H,22,24). The summed E-state index contributed by atoms with van der Waals surface area (Å²) in [6.07, 6.45) is -1.75. The molecule has 0 saturated heterocycles. The van der Waals surface area contributed by atoms with Gasteiger partial charge in [-0.25, -0.2) is 5.48 Å². The Morgan fingerprint density at radius 3 is 2.65 bits per heavy atom. The maximum Gasteiger partial charge on any atom is 0.471 e. The highest BCUT2D eigenvalue weighted by atomic mass is 19.4. The maximum atomic E-state index is 12.5. The number of rotatable bonds is 5. The van der Waals surface area contributed by atoms with Crippen LogP contribution in [0.2, 0.25) is 0 Å². The molecule has 1 N–H and O–H groups in total. The van der Waals surface area contributed by atoms with Crippen LogP contribution >= 0.6 is 0 Å². The molecule has 1 amide bonds. The molecule has 2 heterocycles. The highest BCUT2D eigenvalue weighted by molar-refractivity contribution is 5.92. The lowest BCUT2D eigenvalue weighted by molar-refractivity contribution is -0.159. The summed E-state index contributed by atoms with van der Waals surface area (Å²) in [4.78, 5) is 19.5. The van der Waals surface area contributed by atoms with Crippen molar-refractivity contribution in [2.45, 2.75) is 12.7 Å². The van der Waals surface area contributed by atoms with E-state index in [2.05, 4.69) is 30.1 Å². The van der Waals surface area contributed by atoms with Gasteiger partial charge in [0.15, 0.2) is 0 Å². The third-order valence-corrected chi connectivity index (χ3v) is 3.32. The molecule has 1 aromatic carbocycles. The maximum absolute atomic E-state index is 12.5. The van der Waals surface area contributed by atoms with Crippen molar-refractivity contribution in [1.29, 1.82) is 0 Å². The number of alkyl halides is 3. The van der Waals surface area contributed by atoms with Crippen LogP contribution in [0.25, 0.3) is 11.4 Å². The first-order chi connectivity index (χ1) is 12.4. The lowest BCUT2D eigenvalue weighted by atomic mass is 10.1. The Balaban J connectivity index is 1.70. The molecule has 0 aliphatic carbocycles. The fraction of sp³-hybridized carbons (Fsp3) is 0.200. The number of carbonyl (C=O) groups is 1. The molecule has 0 radical (unpaired) electrons. The number of aromatic nitrogens is 4. The number of carbonyl (C=O) groups excluding carboxylic acids is 1. The van der Waals surface area contributed by atoms with Crippen molar-refractivity contribution < 1.29 is 27.3 Å². The van der Waals surface area contributed by atoms with Crippen LogP contribution in [0.3, 0.4) is 0 Å². The monoisotopic (exact) mass is 367 g/mol. The van der Waals surface area contributed by atoms with Gasteiger partial charge < -0.3 is 4.52 Å². The molecular formula is C15H12F3N5O3. The van der Waals surface area contributed by atoms with Gasteiger partial charge in [-0.15, -0.1) is 0 Å². The lowest BCUT2D eigenvalue weighted by Gasteiger charge is -2.03. The molecule has 8 nitrogen and oxygen atoms in total. The zero-order chi connectivity index (χ0) is 18.7. The predicted octanol–water partition coefficient (Wildman–Crippen LogP) is 2.29. The summed E-state index contributed by atoms with van der Waals surface area (Å²) in [5, 5.41) is 7.39. The highest BCUT2D eigenvalue weighted by Gasteiger charge is 2.38. The van der Waals surface area contributed by atoms with Crippen LogP contribution in [0.4, 0.5) is 13.2 Å². The molecule has 2 aromatic heterocycles. The molecule has 3 aromatic rings. The van der Waals surface area contributed by atoms with E-state index in [4.69, 9.17) is 0 Å². The summed E-state index contributed by atoms with van der Waals surface area (Å²) in [5.41, 5.74) is 3.71. The SMILES string of the molecule is CONC(=O)c1cnn(Cc2ccc(-c3noc(C(F)(F)F)n3)cc2)c1. The third-order valence-electron chi connectivity index (χ3n) is 3.32. The molecule has 0 aliphatic heterocycles. The first-order valence-electron chi connectivity index (χ1n) is 7.23. The molecule has 26 heavy (non-hydrogen) atoms. The van der Waals surface area contributed by atoms with Crippen LogP contribution in [0.5, 0.6) is 0 Å². The highest BCUT2D eigenvalue weighted by Crippen LogP contribution is 2.29. The molecule has 0 bridgehead atoms. The number of hydrogen-bond donors (Lipinski definition) is 1. The van der Waals surface area contributed by atoms with Gasteiger partial charge in [-0.1, -0.05) is 29.4 Å². The fourth-order valence-electron chi connectivity index (χ4n) is 2.12. The number of hydrogen-bond acceptors (Lipinski definition) is 6. The largest absolute Gasteiger partial charge is 0.471 e. The first kappa shape index (κ1) is 17.6. The van der Waals surface area contributed by atoms with Crippen molar-refractivity contribution >= 4 is 5.91 Å². The van der Waals surface area contributed by atoms with E-state index < -0.39 is 18.0 Å². The van der Waals surface area contributed by atoms with Crippen LogP contribution < -0.4 is 5.48 Å². The van der Waals surface area contributed by atoms with Crippen LogP contribution in [0, 0.1) is 0 Å². The Hall–Kier alpha value is -3.21. The van der Waals surface area contributed by atoms with Crippen LogP contribution in [-0.4, -0.2) is 32.9 Å². The van der Waals surface area contributed by atoms with E-state index in [9.17, 15) is 18.0 Å². The number of nitrogens with zero attached hydrogens (tertiary/aromatic N) is 4. The molecule has 0 saturated carbocycles. The van der Waals surface area contributed by atoms with Crippen LogP contribution in [-0.2, 0) is 17.6 Å². The van der Waals surface area contributed by atoms with Gasteiger partial charge >= 0.3 is 12.1 Å². The summed E-state index contributed by atoms with van der Waals surface area (Å²) in [5.74, 6) is -1.97. The minimum Gasteiger partial charge on any atom is -0.329 e. The van der Waals surface area contributed by atoms with Gasteiger partial charge in [-0.05, 0) is 5.56 Å². The molecule has 0 fully saturated rings. The minimum absolute atomic E-state index is 0.151.